The Morgan fingerprint density at radius 3 is 2.53 bits per heavy atom. The highest BCUT2D eigenvalue weighted by molar-refractivity contribution is 4.90. The van der Waals surface area contributed by atoms with Crippen molar-refractivity contribution in [2.24, 2.45) is 17.3 Å². The molecule has 0 aromatic carbocycles. The van der Waals surface area contributed by atoms with Gasteiger partial charge in [-0.3, -0.25) is 0 Å². The second kappa shape index (κ2) is 5.71. The van der Waals surface area contributed by atoms with Crippen molar-refractivity contribution in [2.45, 2.75) is 52.4 Å². The van der Waals surface area contributed by atoms with Crippen LogP contribution in [0, 0.1) is 17.3 Å². The lowest BCUT2D eigenvalue weighted by Crippen LogP contribution is -2.36. The predicted octanol–water partition coefficient (Wildman–Crippen LogP) is 2.91. The van der Waals surface area contributed by atoms with E-state index in [4.69, 9.17) is 0 Å². The molecule has 1 N–H and O–H groups in total. The molecular formula is C15H29NO. The summed E-state index contributed by atoms with van der Waals surface area (Å²) < 4.78 is 0. The van der Waals surface area contributed by atoms with Crippen LogP contribution in [0.2, 0.25) is 0 Å². The fourth-order valence-corrected chi connectivity index (χ4v) is 4.10. The summed E-state index contributed by atoms with van der Waals surface area (Å²) in [6.07, 6.45) is 8.34. The van der Waals surface area contributed by atoms with Crippen molar-refractivity contribution < 1.29 is 5.11 Å². The Morgan fingerprint density at radius 1 is 1.29 bits per heavy atom. The van der Waals surface area contributed by atoms with Gasteiger partial charge in [-0.25, -0.2) is 0 Å². The zero-order valence-electron chi connectivity index (χ0n) is 11.6. The van der Waals surface area contributed by atoms with Gasteiger partial charge >= 0.3 is 0 Å². The standard InChI is InChI=1S/C15H29NO/c1-13(2)9-15(6-3-4-7-15)12-16-8-5-14(10-16)11-17/h13-14,17H,3-12H2,1-2H3. The smallest absolute Gasteiger partial charge is 0.0471 e. The summed E-state index contributed by atoms with van der Waals surface area (Å²) in [6.45, 7) is 8.75. The van der Waals surface area contributed by atoms with Gasteiger partial charge in [0.25, 0.3) is 0 Å². The Hall–Kier alpha value is -0.0800. The third-order valence-electron chi connectivity index (χ3n) is 4.69. The van der Waals surface area contributed by atoms with Gasteiger partial charge in [0.15, 0.2) is 0 Å². The highest BCUT2D eigenvalue weighted by atomic mass is 16.3. The molecule has 0 spiro atoms. The molecule has 1 aliphatic carbocycles. The number of aliphatic hydroxyl groups excluding tert-OH is 1. The molecule has 17 heavy (non-hydrogen) atoms. The molecule has 2 heteroatoms. The molecule has 1 atom stereocenters. The number of likely N-dealkylation sites (tertiary alicyclic amines) is 1. The highest BCUT2D eigenvalue weighted by Gasteiger charge is 2.37. The highest BCUT2D eigenvalue weighted by Crippen LogP contribution is 2.44. The quantitative estimate of drug-likeness (QED) is 0.797. The first-order valence-corrected chi connectivity index (χ1v) is 7.47. The topological polar surface area (TPSA) is 23.5 Å². The largest absolute Gasteiger partial charge is 0.396 e. The van der Waals surface area contributed by atoms with E-state index in [1.165, 1.54) is 51.6 Å². The normalized spacial score (nSPS) is 29.3. The van der Waals surface area contributed by atoms with Crippen LogP contribution in [0.5, 0.6) is 0 Å². The second-order valence-corrected chi connectivity index (χ2v) is 6.88. The van der Waals surface area contributed by atoms with Crippen LogP contribution in [0.4, 0.5) is 0 Å². The van der Waals surface area contributed by atoms with E-state index in [-0.39, 0.29) is 0 Å². The molecule has 2 nitrogen and oxygen atoms in total. The monoisotopic (exact) mass is 239 g/mol. The molecule has 2 fully saturated rings. The van der Waals surface area contributed by atoms with Gasteiger partial charge in [-0.1, -0.05) is 26.7 Å². The third-order valence-corrected chi connectivity index (χ3v) is 4.69. The summed E-state index contributed by atoms with van der Waals surface area (Å²) in [5.41, 5.74) is 0.610. The van der Waals surface area contributed by atoms with Gasteiger partial charge in [0.1, 0.15) is 0 Å². The van der Waals surface area contributed by atoms with Gasteiger partial charge in [-0.15, -0.1) is 0 Å². The van der Waals surface area contributed by atoms with E-state index < -0.39 is 0 Å². The van der Waals surface area contributed by atoms with Gasteiger partial charge in [0.05, 0.1) is 0 Å². The van der Waals surface area contributed by atoms with Crippen molar-refractivity contribution in [3.8, 4) is 0 Å². The van der Waals surface area contributed by atoms with E-state index in [1.807, 2.05) is 0 Å². The third kappa shape index (κ3) is 3.45. The number of aliphatic hydroxyl groups is 1. The zero-order valence-corrected chi connectivity index (χ0v) is 11.6. The maximum atomic E-state index is 9.23. The molecule has 100 valence electrons. The van der Waals surface area contributed by atoms with Gasteiger partial charge < -0.3 is 10.0 Å². The van der Waals surface area contributed by atoms with Crippen LogP contribution in [0.1, 0.15) is 52.4 Å². The van der Waals surface area contributed by atoms with Crippen molar-refractivity contribution in [1.29, 1.82) is 0 Å². The van der Waals surface area contributed by atoms with Crippen LogP contribution >= 0.6 is 0 Å². The Morgan fingerprint density at radius 2 is 2.00 bits per heavy atom. The molecule has 2 rings (SSSR count). The molecule has 1 heterocycles. The first kappa shape index (κ1) is 13.4. The molecule has 2 aliphatic rings. The molecule has 0 aromatic heterocycles. The summed E-state index contributed by atoms with van der Waals surface area (Å²) in [4.78, 5) is 2.62. The fourth-order valence-electron chi connectivity index (χ4n) is 4.10. The first-order valence-electron chi connectivity index (χ1n) is 7.47. The minimum atomic E-state index is 0.383. The molecule has 1 saturated heterocycles. The lowest BCUT2D eigenvalue weighted by Gasteiger charge is -2.35. The molecule has 0 bridgehead atoms. The Balaban J connectivity index is 1.89. The average Bonchev–Trinajstić information content (AvgIpc) is 2.87. The predicted molar refractivity (Wildman–Crippen MR) is 72.0 cm³/mol. The Labute approximate surface area is 106 Å². The maximum absolute atomic E-state index is 9.23. The van der Waals surface area contributed by atoms with Crippen molar-refractivity contribution in [3.05, 3.63) is 0 Å². The SMILES string of the molecule is CC(C)CC1(CN2CCC(CO)C2)CCCC1. The lowest BCUT2D eigenvalue weighted by molar-refractivity contribution is 0.138. The van der Waals surface area contributed by atoms with Crippen molar-refractivity contribution in [1.82, 2.24) is 4.90 Å². The molecule has 0 radical (unpaired) electrons. The number of rotatable bonds is 5. The van der Waals surface area contributed by atoms with Crippen LogP contribution in [-0.4, -0.2) is 36.2 Å². The van der Waals surface area contributed by atoms with Gasteiger partial charge in [-0.05, 0) is 49.5 Å². The van der Waals surface area contributed by atoms with E-state index in [0.29, 0.717) is 17.9 Å². The van der Waals surface area contributed by atoms with Crippen LogP contribution in [0.15, 0.2) is 0 Å². The minimum absolute atomic E-state index is 0.383. The van der Waals surface area contributed by atoms with Gasteiger partial charge in [0, 0.05) is 19.7 Å². The summed E-state index contributed by atoms with van der Waals surface area (Å²) >= 11 is 0. The van der Waals surface area contributed by atoms with Crippen LogP contribution in [0.25, 0.3) is 0 Å². The van der Waals surface area contributed by atoms with Gasteiger partial charge in [0.2, 0.25) is 0 Å². The molecular weight excluding hydrogens is 210 g/mol. The summed E-state index contributed by atoms with van der Waals surface area (Å²) in [5.74, 6) is 1.37. The Bertz CT molecular complexity index is 233. The summed E-state index contributed by atoms with van der Waals surface area (Å²) in [6, 6.07) is 0. The second-order valence-electron chi connectivity index (χ2n) is 6.88. The average molecular weight is 239 g/mol. The van der Waals surface area contributed by atoms with Crippen molar-refractivity contribution in [2.75, 3.05) is 26.2 Å². The molecule has 1 unspecified atom stereocenters. The van der Waals surface area contributed by atoms with E-state index in [2.05, 4.69) is 18.7 Å². The van der Waals surface area contributed by atoms with Crippen LogP contribution in [-0.2, 0) is 0 Å². The van der Waals surface area contributed by atoms with Gasteiger partial charge in [-0.2, -0.15) is 0 Å². The van der Waals surface area contributed by atoms with E-state index >= 15 is 0 Å². The summed E-state index contributed by atoms with van der Waals surface area (Å²) in [7, 11) is 0. The van der Waals surface area contributed by atoms with Crippen molar-refractivity contribution in [3.63, 3.8) is 0 Å². The number of nitrogens with zero attached hydrogens (tertiary/aromatic N) is 1. The number of hydrogen-bond acceptors (Lipinski definition) is 2. The molecule has 1 saturated carbocycles. The lowest BCUT2D eigenvalue weighted by atomic mass is 9.78. The maximum Gasteiger partial charge on any atom is 0.0471 e. The first-order chi connectivity index (χ1) is 8.13. The van der Waals surface area contributed by atoms with Crippen LogP contribution < -0.4 is 0 Å². The van der Waals surface area contributed by atoms with Crippen molar-refractivity contribution >= 4 is 0 Å². The van der Waals surface area contributed by atoms with E-state index in [0.717, 1.165) is 12.5 Å². The summed E-state index contributed by atoms with van der Waals surface area (Å²) in [5, 5.41) is 9.23. The molecule has 1 aliphatic heterocycles. The van der Waals surface area contributed by atoms with E-state index in [1.54, 1.807) is 0 Å². The minimum Gasteiger partial charge on any atom is -0.396 e. The molecule has 0 amide bonds. The Kier molecular flexibility index (Phi) is 4.48. The zero-order chi connectivity index (χ0) is 12.3. The van der Waals surface area contributed by atoms with Crippen LogP contribution in [0.3, 0.4) is 0 Å². The van der Waals surface area contributed by atoms with E-state index in [9.17, 15) is 5.11 Å². The molecule has 0 aromatic rings. The number of hydrogen-bond donors (Lipinski definition) is 1. The fraction of sp³-hybridized carbons (Fsp3) is 1.00.